The molecule has 0 unspecified atom stereocenters. The molecule has 0 aliphatic heterocycles. The van der Waals surface area contributed by atoms with Gasteiger partial charge in [-0.05, 0) is 42.0 Å². The van der Waals surface area contributed by atoms with Crippen molar-refractivity contribution >= 4 is 28.4 Å². The van der Waals surface area contributed by atoms with E-state index in [2.05, 4.69) is 22.8 Å². The van der Waals surface area contributed by atoms with Crippen LogP contribution in [-0.2, 0) is 6.54 Å². The second-order valence-corrected chi connectivity index (χ2v) is 6.10. The van der Waals surface area contributed by atoms with Crippen LogP contribution in [0.25, 0.3) is 11.0 Å². The lowest BCUT2D eigenvalue weighted by atomic mass is 10.2. The first-order valence-corrected chi connectivity index (χ1v) is 8.77. The molecule has 4 aromatic rings. The van der Waals surface area contributed by atoms with Crippen molar-refractivity contribution < 1.29 is 4.74 Å². The number of nitrogens with one attached hydrogen (secondary N) is 2. The number of anilines is 3. The van der Waals surface area contributed by atoms with Crippen LogP contribution in [0.2, 0.25) is 0 Å². The third-order valence-electron chi connectivity index (χ3n) is 4.23. The fourth-order valence-corrected chi connectivity index (χ4v) is 2.80. The van der Waals surface area contributed by atoms with Crippen molar-refractivity contribution in [1.82, 2.24) is 9.97 Å². The Balaban J connectivity index is 1.65. The maximum atomic E-state index is 5.22. The molecule has 0 saturated carbocycles. The van der Waals surface area contributed by atoms with Crippen molar-refractivity contribution in [2.75, 3.05) is 17.7 Å². The minimum Gasteiger partial charge on any atom is -0.497 e. The van der Waals surface area contributed by atoms with Gasteiger partial charge < -0.3 is 15.4 Å². The smallest absolute Gasteiger partial charge is 0.174 e. The zero-order chi connectivity index (χ0) is 18.5. The van der Waals surface area contributed by atoms with Crippen molar-refractivity contribution in [2.24, 2.45) is 0 Å². The molecule has 0 saturated heterocycles. The Morgan fingerprint density at radius 3 is 2.04 bits per heavy atom. The van der Waals surface area contributed by atoms with Gasteiger partial charge in [0.25, 0.3) is 0 Å². The Morgan fingerprint density at radius 2 is 1.37 bits per heavy atom. The fourth-order valence-electron chi connectivity index (χ4n) is 2.80. The summed E-state index contributed by atoms with van der Waals surface area (Å²) in [5.41, 5.74) is 3.80. The molecule has 4 rings (SSSR count). The third kappa shape index (κ3) is 3.98. The number of nitrogens with zero attached hydrogens (tertiary/aromatic N) is 2. The van der Waals surface area contributed by atoms with Crippen LogP contribution in [0.15, 0.2) is 78.9 Å². The summed E-state index contributed by atoms with van der Waals surface area (Å²) < 4.78 is 5.22. The molecule has 0 atom stereocenters. The van der Waals surface area contributed by atoms with Gasteiger partial charge in [0.15, 0.2) is 11.6 Å². The summed E-state index contributed by atoms with van der Waals surface area (Å²) >= 11 is 0. The Hall–Kier alpha value is -3.60. The first kappa shape index (κ1) is 16.8. The van der Waals surface area contributed by atoms with Gasteiger partial charge in [-0.1, -0.05) is 42.5 Å². The van der Waals surface area contributed by atoms with Gasteiger partial charge in [-0.2, -0.15) is 0 Å². The maximum absolute atomic E-state index is 5.22. The van der Waals surface area contributed by atoms with E-state index in [9.17, 15) is 0 Å². The van der Waals surface area contributed by atoms with Gasteiger partial charge in [0, 0.05) is 12.2 Å². The Kier molecular flexibility index (Phi) is 4.83. The fraction of sp³-hybridized carbons (Fsp3) is 0.0909. The van der Waals surface area contributed by atoms with Gasteiger partial charge in [-0.15, -0.1) is 0 Å². The van der Waals surface area contributed by atoms with Gasteiger partial charge in [0.05, 0.1) is 18.1 Å². The van der Waals surface area contributed by atoms with E-state index in [1.165, 1.54) is 5.56 Å². The second-order valence-electron chi connectivity index (χ2n) is 6.10. The number of aromatic nitrogens is 2. The number of methoxy groups -OCH3 is 1. The van der Waals surface area contributed by atoms with Gasteiger partial charge in [0.2, 0.25) is 0 Å². The van der Waals surface area contributed by atoms with Crippen LogP contribution >= 0.6 is 0 Å². The summed E-state index contributed by atoms with van der Waals surface area (Å²) in [6, 6.07) is 25.8. The maximum Gasteiger partial charge on any atom is 0.174 e. The molecule has 1 aromatic heterocycles. The molecular formula is C22H20N4O. The summed E-state index contributed by atoms with van der Waals surface area (Å²) in [4.78, 5) is 9.52. The molecule has 0 radical (unpaired) electrons. The molecule has 5 heteroatoms. The Bertz CT molecular complexity index is 1030. The summed E-state index contributed by atoms with van der Waals surface area (Å²) in [7, 11) is 1.66. The average molecular weight is 356 g/mol. The first-order chi connectivity index (χ1) is 13.3. The summed E-state index contributed by atoms with van der Waals surface area (Å²) in [6.45, 7) is 0.672. The highest BCUT2D eigenvalue weighted by Crippen LogP contribution is 2.26. The minimum absolute atomic E-state index is 0.672. The molecule has 3 aromatic carbocycles. The van der Waals surface area contributed by atoms with E-state index in [0.717, 1.165) is 22.5 Å². The second kappa shape index (κ2) is 7.74. The summed E-state index contributed by atoms with van der Waals surface area (Å²) in [5, 5.41) is 6.76. The zero-order valence-corrected chi connectivity index (χ0v) is 15.0. The van der Waals surface area contributed by atoms with Crippen molar-refractivity contribution in [3.63, 3.8) is 0 Å². The van der Waals surface area contributed by atoms with E-state index < -0.39 is 0 Å². The van der Waals surface area contributed by atoms with Gasteiger partial charge >= 0.3 is 0 Å². The lowest BCUT2D eigenvalue weighted by Crippen LogP contribution is -2.07. The molecule has 1 heterocycles. The van der Waals surface area contributed by atoms with E-state index in [-0.39, 0.29) is 0 Å². The van der Waals surface area contributed by atoms with E-state index in [4.69, 9.17) is 14.7 Å². The monoisotopic (exact) mass is 356 g/mol. The van der Waals surface area contributed by atoms with Crippen LogP contribution in [0.5, 0.6) is 5.75 Å². The molecule has 0 aliphatic carbocycles. The number of fused-ring (bicyclic) bond motifs is 1. The van der Waals surface area contributed by atoms with E-state index in [1.54, 1.807) is 7.11 Å². The average Bonchev–Trinajstić information content (AvgIpc) is 2.73. The normalized spacial score (nSPS) is 10.6. The number of benzene rings is 3. The molecule has 5 nitrogen and oxygen atoms in total. The van der Waals surface area contributed by atoms with Crippen molar-refractivity contribution in [3.05, 3.63) is 84.4 Å². The van der Waals surface area contributed by atoms with Crippen molar-refractivity contribution in [1.29, 1.82) is 0 Å². The third-order valence-corrected chi connectivity index (χ3v) is 4.23. The quantitative estimate of drug-likeness (QED) is 0.509. The number of ether oxygens (including phenoxy) is 1. The van der Waals surface area contributed by atoms with Crippen LogP contribution in [0, 0.1) is 0 Å². The molecule has 2 N–H and O–H groups in total. The van der Waals surface area contributed by atoms with Crippen LogP contribution in [0.1, 0.15) is 5.56 Å². The molecule has 0 amide bonds. The molecule has 0 bridgehead atoms. The van der Waals surface area contributed by atoms with Gasteiger partial charge in [-0.3, -0.25) is 0 Å². The molecule has 0 fully saturated rings. The molecule has 0 aliphatic rings. The van der Waals surface area contributed by atoms with E-state index >= 15 is 0 Å². The first-order valence-electron chi connectivity index (χ1n) is 8.77. The standard InChI is InChI=1S/C22H20N4O/c1-27-18-13-11-17(12-14-18)24-22-21(23-15-16-7-3-2-4-8-16)25-19-9-5-6-10-20(19)26-22/h2-14H,15H2,1H3,(H,23,25)(H,24,26). The Labute approximate surface area is 158 Å². The molecular weight excluding hydrogens is 336 g/mol. The summed E-state index contributed by atoms with van der Waals surface area (Å²) in [5.74, 6) is 2.22. The highest BCUT2D eigenvalue weighted by molar-refractivity contribution is 5.81. The predicted molar refractivity (Wildman–Crippen MR) is 110 cm³/mol. The number of para-hydroxylation sites is 2. The molecule has 0 spiro atoms. The SMILES string of the molecule is COc1ccc(Nc2nc3ccccc3nc2NCc2ccccc2)cc1. The summed E-state index contributed by atoms with van der Waals surface area (Å²) in [6.07, 6.45) is 0. The lowest BCUT2D eigenvalue weighted by molar-refractivity contribution is 0.415. The Morgan fingerprint density at radius 1 is 0.741 bits per heavy atom. The lowest BCUT2D eigenvalue weighted by Gasteiger charge is -2.14. The highest BCUT2D eigenvalue weighted by atomic mass is 16.5. The van der Waals surface area contributed by atoms with Crippen molar-refractivity contribution in [3.8, 4) is 5.75 Å². The van der Waals surface area contributed by atoms with E-state index in [0.29, 0.717) is 18.2 Å². The number of hydrogen-bond acceptors (Lipinski definition) is 5. The predicted octanol–water partition coefficient (Wildman–Crippen LogP) is 4.99. The highest BCUT2D eigenvalue weighted by Gasteiger charge is 2.09. The van der Waals surface area contributed by atoms with Crippen molar-refractivity contribution in [2.45, 2.75) is 6.54 Å². The molecule has 134 valence electrons. The topological polar surface area (TPSA) is 59.1 Å². The van der Waals surface area contributed by atoms with Gasteiger partial charge in [-0.25, -0.2) is 9.97 Å². The zero-order valence-electron chi connectivity index (χ0n) is 15.0. The molecule has 27 heavy (non-hydrogen) atoms. The van der Waals surface area contributed by atoms with Crippen LogP contribution < -0.4 is 15.4 Å². The van der Waals surface area contributed by atoms with Crippen LogP contribution in [0.3, 0.4) is 0 Å². The van der Waals surface area contributed by atoms with Gasteiger partial charge in [0.1, 0.15) is 5.75 Å². The minimum atomic E-state index is 0.672. The van der Waals surface area contributed by atoms with Crippen LogP contribution in [0.4, 0.5) is 17.3 Å². The van der Waals surface area contributed by atoms with E-state index in [1.807, 2.05) is 66.7 Å². The largest absolute Gasteiger partial charge is 0.497 e. The van der Waals surface area contributed by atoms with Crippen LogP contribution in [-0.4, -0.2) is 17.1 Å². The number of hydrogen-bond donors (Lipinski definition) is 2. The number of rotatable bonds is 6.